The van der Waals surface area contributed by atoms with Crippen LogP contribution in [-0.2, 0) is 11.2 Å². The van der Waals surface area contributed by atoms with Gasteiger partial charge in [-0.1, -0.05) is 30.3 Å². The zero-order valence-electron chi connectivity index (χ0n) is 22.3. The Labute approximate surface area is 232 Å². The topological polar surface area (TPSA) is 121 Å². The van der Waals surface area contributed by atoms with Crippen LogP contribution in [0.15, 0.2) is 72.9 Å². The highest BCUT2D eigenvalue weighted by Gasteiger charge is 2.27. The molecule has 2 aromatic heterocycles. The van der Waals surface area contributed by atoms with Gasteiger partial charge in [-0.15, -0.1) is 0 Å². The molecule has 0 spiro atoms. The molecule has 0 aliphatic carbocycles. The quantitative estimate of drug-likeness (QED) is 0.182. The second kappa shape index (κ2) is 11.9. The first-order valence-electron chi connectivity index (χ1n) is 13.4. The number of nitrogens with zero attached hydrogens (tertiary/aromatic N) is 3. The number of para-hydroxylation sites is 2. The van der Waals surface area contributed by atoms with E-state index in [1.165, 1.54) is 18.2 Å². The number of aromatic nitrogens is 2. The number of aromatic amines is 1. The highest BCUT2D eigenvalue weighted by molar-refractivity contribution is 5.95. The summed E-state index contributed by atoms with van der Waals surface area (Å²) < 4.78 is 0. The molecule has 5 rings (SSSR count). The van der Waals surface area contributed by atoms with E-state index in [1.54, 1.807) is 23.1 Å². The standard InChI is InChI=1S/C31H31N5O4/c1-21-10-12-26(31(38)32-17-14-24-20-33-27-8-4-3-7-25(24)27)30(34-21)23-15-18-35(19-16-23)29(37)13-11-22-6-2-5-9-28(22)36(39)40/h2-13,20,23,33H,14-19H2,1H3,(H,32,38)/b13-11+. The Hall–Kier alpha value is -4.79. The molecule has 204 valence electrons. The van der Waals surface area contributed by atoms with Gasteiger partial charge < -0.3 is 15.2 Å². The number of nitrogens with one attached hydrogen (secondary N) is 2. The fourth-order valence-electron chi connectivity index (χ4n) is 5.26. The van der Waals surface area contributed by atoms with Crippen LogP contribution in [-0.4, -0.2) is 51.2 Å². The van der Waals surface area contributed by atoms with Gasteiger partial charge in [-0.05, 0) is 62.1 Å². The Morgan fingerprint density at radius 3 is 2.65 bits per heavy atom. The van der Waals surface area contributed by atoms with E-state index in [1.807, 2.05) is 43.5 Å². The summed E-state index contributed by atoms with van der Waals surface area (Å²) in [5, 5.41) is 15.5. The lowest BCUT2D eigenvalue weighted by molar-refractivity contribution is -0.385. The van der Waals surface area contributed by atoms with Crippen LogP contribution < -0.4 is 5.32 Å². The average Bonchev–Trinajstić information content (AvgIpc) is 3.39. The van der Waals surface area contributed by atoms with Crippen molar-refractivity contribution in [3.05, 3.63) is 111 Å². The summed E-state index contributed by atoms with van der Waals surface area (Å²) in [4.78, 5) is 46.5. The first-order chi connectivity index (χ1) is 19.4. The molecule has 2 amide bonds. The number of H-pyrrole nitrogens is 1. The zero-order valence-corrected chi connectivity index (χ0v) is 22.3. The smallest absolute Gasteiger partial charge is 0.276 e. The molecule has 2 aromatic carbocycles. The van der Waals surface area contributed by atoms with Crippen molar-refractivity contribution in [2.45, 2.75) is 32.1 Å². The molecule has 9 heteroatoms. The van der Waals surface area contributed by atoms with Crippen molar-refractivity contribution < 1.29 is 14.5 Å². The number of carbonyl (C=O) groups is 2. The first-order valence-corrected chi connectivity index (χ1v) is 13.4. The van der Waals surface area contributed by atoms with Crippen LogP contribution in [0.4, 0.5) is 5.69 Å². The highest BCUT2D eigenvalue weighted by Crippen LogP contribution is 2.30. The minimum absolute atomic E-state index is 0.0389. The zero-order chi connectivity index (χ0) is 28.1. The average molecular weight is 538 g/mol. The Balaban J connectivity index is 1.20. The van der Waals surface area contributed by atoms with Crippen LogP contribution in [0.25, 0.3) is 17.0 Å². The molecule has 1 fully saturated rings. The molecule has 2 N–H and O–H groups in total. The van der Waals surface area contributed by atoms with Gasteiger partial charge >= 0.3 is 0 Å². The molecule has 1 aliphatic heterocycles. The second-order valence-electron chi connectivity index (χ2n) is 10.00. The number of piperidine rings is 1. The van der Waals surface area contributed by atoms with Crippen molar-refractivity contribution in [1.82, 2.24) is 20.2 Å². The molecule has 1 saturated heterocycles. The molecule has 0 radical (unpaired) electrons. The van der Waals surface area contributed by atoms with E-state index < -0.39 is 4.92 Å². The Bertz CT molecular complexity index is 1580. The van der Waals surface area contributed by atoms with Crippen molar-refractivity contribution in [1.29, 1.82) is 0 Å². The predicted molar refractivity (Wildman–Crippen MR) is 154 cm³/mol. The van der Waals surface area contributed by atoms with E-state index in [0.29, 0.717) is 50.0 Å². The largest absolute Gasteiger partial charge is 0.361 e. The molecular weight excluding hydrogens is 506 g/mol. The minimum atomic E-state index is -0.458. The van der Waals surface area contributed by atoms with Gasteiger partial charge in [0, 0.05) is 60.5 Å². The first kappa shape index (κ1) is 26.8. The third-order valence-electron chi connectivity index (χ3n) is 7.40. The van der Waals surface area contributed by atoms with Gasteiger partial charge in [0.15, 0.2) is 0 Å². The third kappa shape index (κ3) is 5.93. The van der Waals surface area contributed by atoms with E-state index in [-0.39, 0.29) is 23.4 Å². The molecule has 0 atom stereocenters. The summed E-state index contributed by atoms with van der Waals surface area (Å²) in [6.07, 6.45) is 6.94. The molecule has 40 heavy (non-hydrogen) atoms. The lowest BCUT2D eigenvalue weighted by atomic mass is 9.89. The second-order valence-corrected chi connectivity index (χ2v) is 10.00. The number of likely N-dealkylation sites (tertiary alicyclic amines) is 1. The number of aryl methyl sites for hydroxylation is 1. The lowest BCUT2D eigenvalue weighted by Gasteiger charge is -2.32. The maximum absolute atomic E-state index is 13.2. The van der Waals surface area contributed by atoms with Crippen LogP contribution >= 0.6 is 0 Å². The molecule has 0 bridgehead atoms. The number of amides is 2. The van der Waals surface area contributed by atoms with Gasteiger partial charge in [0.2, 0.25) is 5.91 Å². The molecule has 9 nitrogen and oxygen atoms in total. The maximum atomic E-state index is 13.2. The number of pyridine rings is 1. The van der Waals surface area contributed by atoms with Gasteiger partial charge in [-0.3, -0.25) is 24.7 Å². The predicted octanol–water partition coefficient (Wildman–Crippen LogP) is 5.17. The Kier molecular flexibility index (Phi) is 8.00. The van der Waals surface area contributed by atoms with Gasteiger partial charge in [-0.25, -0.2) is 0 Å². The Morgan fingerprint density at radius 2 is 1.85 bits per heavy atom. The van der Waals surface area contributed by atoms with Crippen molar-refractivity contribution in [3.63, 3.8) is 0 Å². The van der Waals surface area contributed by atoms with Gasteiger partial charge in [-0.2, -0.15) is 0 Å². The van der Waals surface area contributed by atoms with Crippen LogP contribution in [0.5, 0.6) is 0 Å². The fraction of sp³-hybridized carbons (Fsp3) is 0.258. The van der Waals surface area contributed by atoms with Gasteiger partial charge in [0.05, 0.1) is 21.7 Å². The molecule has 0 unspecified atom stereocenters. The van der Waals surface area contributed by atoms with E-state index in [4.69, 9.17) is 4.98 Å². The van der Waals surface area contributed by atoms with Crippen molar-refractivity contribution in [2.75, 3.05) is 19.6 Å². The molecule has 0 saturated carbocycles. The van der Waals surface area contributed by atoms with E-state index >= 15 is 0 Å². The summed E-state index contributed by atoms with van der Waals surface area (Å²) in [6.45, 7) is 3.45. The molecule has 3 heterocycles. The Morgan fingerprint density at radius 1 is 1.10 bits per heavy atom. The monoisotopic (exact) mass is 537 g/mol. The molecular formula is C31H31N5O4. The summed E-state index contributed by atoms with van der Waals surface area (Å²) in [6, 6.07) is 18.1. The molecule has 1 aliphatic rings. The minimum Gasteiger partial charge on any atom is -0.361 e. The van der Waals surface area contributed by atoms with E-state index in [9.17, 15) is 19.7 Å². The summed E-state index contributed by atoms with van der Waals surface area (Å²) >= 11 is 0. The maximum Gasteiger partial charge on any atom is 0.276 e. The van der Waals surface area contributed by atoms with Crippen molar-refractivity contribution >= 4 is 34.5 Å². The number of rotatable bonds is 8. The van der Waals surface area contributed by atoms with E-state index in [0.717, 1.165) is 27.9 Å². The molecule has 4 aromatic rings. The normalized spacial score (nSPS) is 14.1. The lowest BCUT2D eigenvalue weighted by Crippen LogP contribution is -2.37. The van der Waals surface area contributed by atoms with Gasteiger partial charge in [0.1, 0.15) is 0 Å². The van der Waals surface area contributed by atoms with E-state index in [2.05, 4.69) is 16.4 Å². The fourth-order valence-corrected chi connectivity index (χ4v) is 5.26. The van der Waals surface area contributed by atoms with Crippen LogP contribution in [0, 0.1) is 17.0 Å². The number of nitro groups is 1. The number of carbonyl (C=O) groups excluding carboxylic acids is 2. The van der Waals surface area contributed by atoms with Crippen LogP contribution in [0.2, 0.25) is 0 Å². The van der Waals surface area contributed by atoms with Gasteiger partial charge in [0.25, 0.3) is 11.6 Å². The summed E-state index contributed by atoms with van der Waals surface area (Å²) in [5.74, 6) is -0.283. The number of hydrogen-bond donors (Lipinski definition) is 2. The highest BCUT2D eigenvalue weighted by atomic mass is 16.6. The third-order valence-corrected chi connectivity index (χ3v) is 7.40. The SMILES string of the molecule is Cc1ccc(C(=O)NCCc2c[nH]c3ccccc23)c(C2CCN(C(=O)/C=C/c3ccccc3[N+](=O)[O-])CC2)n1. The summed E-state index contributed by atoms with van der Waals surface area (Å²) in [5.41, 5.74) is 4.78. The number of nitro benzene ring substituents is 1. The number of hydrogen-bond acceptors (Lipinski definition) is 5. The van der Waals surface area contributed by atoms with Crippen LogP contribution in [0.1, 0.15) is 51.6 Å². The number of benzene rings is 2. The van der Waals surface area contributed by atoms with Crippen molar-refractivity contribution in [2.24, 2.45) is 0 Å². The number of fused-ring (bicyclic) bond motifs is 1. The van der Waals surface area contributed by atoms with Crippen molar-refractivity contribution in [3.8, 4) is 0 Å². The van der Waals surface area contributed by atoms with Crippen LogP contribution in [0.3, 0.4) is 0 Å². The summed E-state index contributed by atoms with van der Waals surface area (Å²) in [7, 11) is 0.